The number of amides is 1. The van der Waals surface area contributed by atoms with E-state index in [2.05, 4.69) is 16.6 Å². The van der Waals surface area contributed by atoms with E-state index in [9.17, 15) is 18.0 Å². The molecule has 2 aromatic rings. The molecule has 0 bridgehead atoms. The second-order valence-corrected chi connectivity index (χ2v) is 7.87. The molecular formula is C19H18ClF3N2OS2. The van der Waals surface area contributed by atoms with Crippen LogP contribution in [0.15, 0.2) is 64.4 Å². The smallest absolute Gasteiger partial charge is 0.352 e. The molecule has 0 spiro atoms. The molecule has 150 valence electrons. The molecule has 2 aromatic carbocycles. The molecule has 1 amide bonds. The summed E-state index contributed by atoms with van der Waals surface area (Å²) in [6.07, 6.45) is -2.85. The average molecular weight is 447 g/mol. The van der Waals surface area contributed by atoms with Crippen molar-refractivity contribution in [1.29, 1.82) is 0 Å². The van der Waals surface area contributed by atoms with Crippen molar-refractivity contribution in [2.75, 3.05) is 17.5 Å². The summed E-state index contributed by atoms with van der Waals surface area (Å²) in [5.74, 6) is -0.515. The highest BCUT2D eigenvalue weighted by molar-refractivity contribution is 8.00. The van der Waals surface area contributed by atoms with E-state index in [4.69, 9.17) is 11.6 Å². The van der Waals surface area contributed by atoms with Gasteiger partial charge < -0.3 is 10.0 Å². The van der Waals surface area contributed by atoms with Crippen molar-refractivity contribution in [2.45, 2.75) is 22.4 Å². The van der Waals surface area contributed by atoms with Crippen LogP contribution in [-0.4, -0.2) is 24.9 Å². The zero-order chi connectivity index (χ0) is 20.7. The SMILES string of the molecule is C=C(CCNC(=O)c1cc(Cl)ccc1NSc1ccc(SC)cc1)C(F)(F)F. The Labute approximate surface area is 175 Å². The van der Waals surface area contributed by atoms with Gasteiger partial charge in [0.05, 0.1) is 11.3 Å². The Morgan fingerprint density at radius 1 is 1.14 bits per heavy atom. The third-order valence-electron chi connectivity index (χ3n) is 3.68. The van der Waals surface area contributed by atoms with Crippen molar-refractivity contribution < 1.29 is 18.0 Å². The van der Waals surface area contributed by atoms with Crippen molar-refractivity contribution in [3.63, 3.8) is 0 Å². The van der Waals surface area contributed by atoms with Crippen LogP contribution >= 0.6 is 35.3 Å². The number of benzene rings is 2. The van der Waals surface area contributed by atoms with E-state index in [-0.39, 0.29) is 18.5 Å². The van der Waals surface area contributed by atoms with E-state index < -0.39 is 17.7 Å². The summed E-state index contributed by atoms with van der Waals surface area (Å²) in [5, 5.41) is 2.82. The molecule has 0 unspecified atom stereocenters. The molecule has 0 atom stereocenters. The number of thioether (sulfide) groups is 1. The van der Waals surface area contributed by atoms with Gasteiger partial charge in [0, 0.05) is 26.9 Å². The Morgan fingerprint density at radius 2 is 1.79 bits per heavy atom. The maximum atomic E-state index is 12.5. The Bertz CT molecular complexity index is 842. The van der Waals surface area contributed by atoms with Crippen molar-refractivity contribution in [1.82, 2.24) is 5.32 Å². The first-order chi connectivity index (χ1) is 13.2. The van der Waals surface area contributed by atoms with Crippen LogP contribution in [0.25, 0.3) is 0 Å². The Morgan fingerprint density at radius 3 is 2.39 bits per heavy atom. The summed E-state index contributed by atoms with van der Waals surface area (Å²) < 4.78 is 40.5. The average Bonchev–Trinajstić information content (AvgIpc) is 2.66. The molecule has 9 heteroatoms. The summed E-state index contributed by atoms with van der Waals surface area (Å²) in [6, 6.07) is 12.6. The number of carbonyl (C=O) groups excluding carboxylic acids is 1. The van der Waals surface area contributed by atoms with E-state index in [1.165, 1.54) is 18.0 Å². The van der Waals surface area contributed by atoms with Crippen LogP contribution in [-0.2, 0) is 0 Å². The molecule has 0 aliphatic rings. The Hall–Kier alpha value is -1.77. The molecule has 0 saturated carbocycles. The first-order valence-corrected chi connectivity index (χ1v) is 10.5. The van der Waals surface area contributed by atoms with Gasteiger partial charge in [0.25, 0.3) is 5.91 Å². The molecule has 2 N–H and O–H groups in total. The fourth-order valence-electron chi connectivity index (χ4n) is 2.11. The molecule has 2 rings (SSSR count). The van der Waals surface area contributed by atoms with Crippen LogP contribution in [0.3, 0.4) is 0 Å². The molecular weight excluding hydrogens is 429 g/mol. The number of rotatable bonds is 8. The lowest BCUT2D eigenvalue weighted by molar-refractivity contribution is -0.0934. The van der Waals surface area contributed by atoms with Gasteiger partial charge in [0.2, 0.25) is 0 Å². The van der Waals surface area contributed by atoms with Gasteiger partial charge in [-0.1, -0.05) is 18.2 Å². The van der Waals surface area contributed by atoms with Crippen molar-refractivity contribution in [3.05, 3.63) is 65.2 Å². The summed E-state index contributed by atoms with van der Waals surface area (Å²) in [6.45, 7) is 2.81. The van der Waals surface area contributed by atoms with Crippen LogP contribution in [0, 0.1) is 0 Å². The topological polar surface area (TPSA) is 41.1 Å². The van der Waals surface area contributed by atoms with Crippen LogP contribution in [0.1, 0.15) is 16.8 Å². The molecule has 0 fully saturated rings. The standard InChI is InChI=1S/C19H18ClF3N2OS2/c1-12(19(21,22)23)9-10-24-18(26)16-11-13(20)3-8-17(16)25-28-15-6-4-14(27-2)5-7-15/h3-8,11,25H,1,9-10H2,2H3,(H,24,26). The highest BCUT2D eigenvalue weighted by Crippen LogP contribution is 2.28. The molecule has 3 nitrogen and oxygen atoms in total. The number of alkyl halides is 3. The van der Waals surface area contributed by atoms with Gasteiger partial charge in [-0.2, -0.15) is 13.2 Å². The van der Waals surface area contributed by atoms with Crippen LogP contribution in [0.5, 0.6) is 0 Å². The number of carbonyl (C=O) groups is 1. The van der Waals surface area contributed by atoms with E-state index in [0.717, 1.165) is 9.79 Å². The van der Waals surface area contributed by atoms with Crippen LogP contribution in [0.2, 0.25) is 5.02 Å². The van der Waals surface area contributed by atoms with Crippen molar-refractivity contribution in [3.8, 4) is 0 Å². The molecule has 28 heavy (non-hydrogen) atoms. The number of hydrogen-bond acceptors (Lipinski definition) is 4. The first kappa shape index (κ1) is 22.5. The van der Waals surface area contributed by atoms with Gasteiger partial charge in [-0.3, -0.25) is 4.79 Å². The fourth-order valence-corrected chi connectivity index (χ4v) is 3.37. The van der Waals surface area contributed by atoms with Gasteiger partial charge in [0.1, 0.15) is 0 Å². The van der Waals surface area contributed by atoms with E-state index in [0.29, 0.717) is 10.7 Å². The fraction of sp³-hybridized carbons (Fsp3) is 0.211. The number of anilines is 1. The van der Waals surface area contributed by atoms with Gasteiger partial charge in [-0.05, 0) is 67.1 Å². The molecule has 0 radical (unpaired) electrons. The van der Waals surface area contributed by atoms with Gasteiger partial charge in [-0.25, -0.2) is 0 Å². The molecule has 0 aliphatic heterocycles. The normalized spacial score (nSPS) is 11.2. The minimum atomic E-state index is -4.46. The first-order valence-electron chi connectivity index (χ1n) is 8.10. The van der Waals surface area contributed by atoms with E-state index in [1.54, 1.807) is 23.9 Å². The maximum absolute atomic E-state index is 12.5. The second kappa shape index (κ2) is 10.1. The van der Waals surface area contributed by atoms with E-state index in [1.807, 2.05) is 30.5 Å². The second-order valence-electron chi connectivity index (χ2n) is 5.68. The van der Waals surface area contributed by atoms with Crippen LogP contribution < -0.4 is 10.0 Å². The van der Waals surface area contributed by atoms with Gasteiger partial charge in [-0.15, -0.1) is 11.8 Å². The minimum absolute atomic E-state index is 0.174. The lowest BCUT2D eigenvalue weighted by Gasteiger charge is -2.13. The third kappa shape index (κ3) is 6.68. The van der Waals surface area contributed by atoms with Crippen molar-refractivity contribution in [2.24, 2.45) is 0 Å². The Balaban J connectivity index is 2.02. The molecule has 0 aliphatic carbocycles. The maximum Gasteiger partial charge on any atom is 0.412 e. The lowest BCUT2D eigenvalue weighted by Crippen LogP contribution is -2.27. The minimum Gasteiger partial charge on any atom is -0.352 e. The predicted molar refractivity (Wildman–Crippen MR) is 111 cm³/mol. The van der Waals surface area contributed by atoms with Gasteiger partial charge >= 0.3 is 6.18 Å². The summed E-state index contributed by atoms with van der Waals surface area (Å²) in [7, 11) is 0. The monoisotopic (exact) mass is 446 g/mol. The van der Waals surface area contributed by atoms with Crippen molar-refractivity contribution >= 4 is 46.9 Å². The molecule has 0 heterocycles. The third-order valence-corrected chi connectivity index (χ3v) is 5.49. The summed E-state index contributed by atoms with van der Waals surface area (Å²) in [5.41, 5.74) is -0.129. The van der Waals surface area contributed by atoms with Crippen LogP contribution in [0.4, 0.5) is 18.9 Å². The van der Waals surface area contributed by atoms with E-state index >= 15 is 0 Å². The zero-order valence-electron chi connectivity index (χ0n) is 14.9. The lowest BCUT2D eigenvalue weighted by atomic mass is 10.1. The molecule has 0 aromatic heterocycles. The highest BCUT2D eigenvalue weighted by atomic mass is 35.5. The predicted octanol–water partition coefficient (Wildman–Crippen LogP) is 6.42. The van der Waals surface area contributed by atoms with Gasteiger partial charge in [0.15, 0.2) is 0 Å². The zero-order valence-corrected chi connectivity index (χ0v) is 17.3. The number of hydrogen-bond donors (Lipinski definition) is 2. The largest absolute Gasteiger partial charge is 0.412 e. The summed E-state index contributed by atoms with van der Waals surface area (Å²) >= 11 is 8.93. The number of nitrogens with one attached hydrogen (secondary N) is 2. The summed E-state index contributed by atoms with van der Waals surface area (Å²) in [4.78, 5) is 14.5. The number of halogens is 4. The molecule has 0 saturated heterocycles. The Kier molecular flexibility index (Phi) is 8.15. The highest BCUT2D eigenvalue weighted by Gasteiger charge is 2.31. The quantitative estimate of drug-likeness (QED) is 0.279.